The number of ether oxygens (including phenoxy) is 2. The summed E-state index contributed by atoms with van der Waals surface area (Å²) in [6.45, 7) is 6.35. The Labute approximate surface area is 333 Å². The number of aliphatic imine (C=N–C) groups is 1. The number of aliphatic hydroxyl groups is 1. The van der Waals surface area contributed by atoms with Crippen LogP contribution in [0, 0.1) is 0 Å². The van der Waals surface area contributed by atoms with E-state index in [9.17, 15) is 19.5 Å². The highest BCUT2D eigenvalue weighted by Gasteiger charge is 2.29. The highest BCUT2D eigenvalue weighted by molar-refractivity contribution is 6.39. The van der Waals surface area contributed by atoms with Gasteiger partial charge in [0.1, 0.15) is 22.6 Å². The Morgan fingerprint density at radius 3 is 2.38 bits per heavy atom. The van der Waals surface area contributed by atoms with E-state index in [4.69, 9.17) is 37.7 Å². The van der Waals surface area contributed by atoms with Crippen molar-refractivity contribution in [3.8, 4) is 39.4 Å². The SMILES string of the molecule is COc1nc(-c2cccc(-c3cccc(-c4ccn5c(=O)c(C6=NCC(O)CN6)cnc5c4)c3Cl)c2Cl)ccc1CN(C[C@@H]1CCC(=O)N1)C(=O)OC(C)(C)C. The molecule has 1 saturated heterocycles. The second kappa shape index (κ2) is 15.9. The Bertz CT molecular complexity index is 2430. The number of amidine groups is 1. The van der Waals surface area contributed by atoms with Crippen LogP contribution in [0.15, 0.2) is 82.8 Å². The third-order valence-electron chi connectivity index (χ3n) is 9.48. The lowest BCUT2D eigenvalue weighted by atomic mass is 9.97. The van der Waals surface area contributed by atoms with E-state index in [2.05, 4.69) is 20.6 Å². The Kier molecular flexibility index (Phi) is 11.0. The summed E-state index contributed by atoms with van der Waals surface area (Å²) in [6, 6.07) is 18.3. The molecule has 2 aromatic carbocycles. The summed E-state index contributed by atoms with van der Waals surface area (Å²) < 4.78 is 12.9. The number of amides is 2. The van der Waals surface area contributed by atoms with E-state index in [1.54, 1.807) is 44.0 Å². The third kappa shape index (κ3) is 8.20. The average molecular weight is 799 g/mol. The molecule has 290 valence electrons. The van der Waals surface area contributed by atoms with Gasteiger partial charge in [0.25, 0.3) is 5.56 Å². The predicted octanol–water partition coefficient (Wildman–Crippen LogP) is 6.13. The smallest absolute Gasteiger partial charge is 0.410 e. The zero-order valence-electron chi connectivity index (χ0n) is 31.3. The van der Waals surface area contributed by atoms with Crippen molar-refractivity contribution in [2.24, 2.45) is 4.99 Å². The average Bonchev–Trinajstić information content (AvgIpc) is 3.59. The van der Waals surface area contributed by atoms with E-state index in [0.29, 0.717) is 80.3 Å². The largest absolute Gasteiger partial charge is 0.481 e. The molecular weight excluding hydrogens is 757 g/mol. The molecule has 2 amide bonds. The van der Waals surface area contributed by atoms with Crippen LogP contribution in [0.25, 0.3) is 39.2 Å². The third-order valence-corrected chi connectivity index (χ3v) is 10.3. The van der Waals surface area contributed by atoms with Gasteiger partial charge in [0.05, 0.1) is 42.0 Å². The van der Waals surface area contributed by atoms with Crippen LogP contribution in [0.2, 0.25) is 10.0 Å². The van der Waals surface area contributed by atoms with Gasteiger partial charge in [-0.2, -0.15) is 0 Å². The number of carbonyl (C=O) groups is 2. The topological polar surface area (TPSA) is 160 Å². The van der Waals surface area contributed by atoms with Crippen molar-refractivity contribution in [2.45, 2.75) is 57.9 Å². The molecule has 0 radical (unpaired) electrons. The lowest BCUT2D eigenvalue weighted by Crippen LogP contribution is -2.43. The van der Waals surface area contributed by atoms with Crippen molar-refractivity contribution >= 4 is 46.7 Å². The van der Waals surface area contributed by atoms with Crippen LogP contribution in [-0.2, 0) is 16.1 Å². The van der Waals surface area contributed by atoms with E-state index >= 15 is 0 Å². The number of aliphatic hydroxyl groups excluding tert-OH is 1. The quantitative estimate of drug-likeness (QED) is 0.159. The summed E-state index contributed by atoms with van der Waals surface area (Å²) in [5.41, 5.74) is 4.43. The second-order valence-corrected chi connectivity index (χ2v) is 15.5. The van der Waals surface area contributed by atoms with E-state index in [1.807, 2.05) is 48.5 Å². The fourth-order valence-corrected chi connectivity index (χ4v) is 7.41. The van der Waals surface area contributed by atoms with Crippen LogP contribution < -0.4 is 20.9 Å². The number of nitrogens with zero attached hydrogens (tertiary/aromatic N) is 5. The lowest BCUT2D eigenvalue weighted by molar-refractivity contribution is -0.119. The number of nitrogens with one attached hydrogen (secondary N) is 2. The minimum Gasteiger partial charge on any atom is -0.481 e. The molecule has 5 aromatic rings. The molecule has 3 N–H and O–H groups in total. The van der Waals surface area contributed by atoms with Gasteiger partial charge in [-0.1, -0.05) is 59.6 Å². The maximum Gasteiger partial charge on any atom is 0.410 e. The Hall–Kier alpha value is -5.50. The molecule has 1 unspecified atom stereocenters. The first-order valence-electron chi connectivity index (χ1n) is 18.2. The normalized spacial score (nSPS) is 16.9. The van der Waals surface area contributed by atoms with Gasteiger partial charge in [0.15, 0.2) is 0 Å². The lowest BCUT2D eigenvalue weighted by Gasteiger charge is -2.29. The number of fused-ring (bicyclic) bond motifs is 1. The summed E-state index contributed by atoms with van der Waals surface area (Å²) in [4.78, 5) is 53.7. The highest BCUT2D eigenvalue weighted by Crippen LogP contribution is 2.42. The molecule has 0 spiro atoms. The molecule has 0 aliphatic carbocycles. The van der Waals surface area contributed by atoms with Crippen molar-refractivity contribution in [2.75, 3.05) is 26.7 Å². The zero-order valence-corrected chi connectivity index (χ0v) is 32.8. The molecule has 1 fully saturated rings. The first-order valence-corrected chi connectivity index (χ1v) is 18.9. The number of pyridine rings is 2. The van der Waals surface area contributed by atoms with Crippen LogP contribution in [0.1, 0.15) is 44.7 Å². The number of rotatable bonds is 9. The van der Waals surface area contributed by atoms with Crippen molar-refractivity contribution in [3.05, 3.63) is 105 Å². The summed E-state index contributed by atoms with van der Waals surface area (Å²) >= 11 is 14.3. The molecule has 7 rings (SSSR count). The molecule has 0 bridgehead atoms. The molecule has 2 atom stereocenters. The summed E-state index contributed by atoms with van der Waals surface area (Å²) in [5.74, 6) is 0.675. The van der Waals surface area contributed by atoms with Crippen molar-refractivity contribution in [3.63, 3.8) is 0 Å². The minimum absolute atomic E-state index is 0.0414. The number of methoxy groups -OCH3 is 1. The van der Waals surface area contributed by atoms with Crippen LogP contribution in [0.4, 0.5) is 4.79 Å². The van der Waals surface area contributed by atoms with Crippen LogP contribution in [-0.4, -0.2) is 86.7 Å². The van der Waals surface area contributed by atoms with Crippen LogP contribution in [0.5, 0.6) is 5.88 Å². The Morgan fingerprint density at radius 1 is 1.00 bits per heavy atom. The van der Waals surface area contributed by atoms with Gasteiger partial charge in [-0.3, -0.25) is 19.0 Å². The van der Waals surface area contributed by atoms with E-state index in [1.165, 1.54) is 17.7 Å². The number of halogens is 2. The first kappa shape index (κ1) is 38.8. The molecule has 2 aliphatic heterocycles. The number of hydrogen-bond acceptors (Lipinski definition) is 10. The Balaban J connectivity index is 1.17. The van der Waals surface area contributed by atoms with Crippen molar-refractivity contribution < 1.29 is 24.2 Å². The summed E-state index contributed by atoms with van der Waals surface area (Å²) in [6.07, 6.45) is 3.07. The highest BCUT2D eigenvalue weighted by atomic mass is 35.5. The summed E-state index contributed by atoms with van der Waals surface area (Å²) in [5, 5.41) is 16.6. The Morgan fingerprint density at radius 2 is 1.71 bits per heavy atom. The van der Waals surface area contributed by atoms with Gasteiger partial charge in [-0.25, -0.2) is 14.8 Å². The van der Waals surface area contributed by atoms with Gasteiger partial charge in [-0.15, -0.1) is 0 Å². The maximum atomic E-state index is 13.4. The van der Waals surface area contributed by atoms with Gasteiger partial charge < -0.3 is 30.1 Å². The van der Waals surface area contributed by atoms with E-state index in [0.717, 1.165) is 11.1 Å². The van der Waals surface area contributed by atoms with E-state index < -0.39 is 17.8 Å². The van der Waals surface area contributed by atoms with Gasteiger partial charge >= 0.3 is 6.09 Å². The molecule has 13 nitrogen and oxygen atoms in total. The van der Waals surface area contributed by atoms with E-state index in [-0.39, 0.29) is 37.1 Å². The molecule has 5 heterocycles. The molecule has 2 aliphatic rings. The maximum absolute atomic E-state index is 13.4. The molecule has 56 heavy (non-hydrogen) atoms. The number of carbonyl (C=O) groups excluding carboxylic acids is 2. The van der Waals surface area contributed by atoms with Gasteiger partial charge in [0, 0.05) is 65.8 Å². The monoisotopic (exact) mass is 797 g/mol. The molecule has 15 heteroatoms. The number of aromatic nitrogens is 3. The fraction of sp³-hybridized carbons (Fsp3) is 0.317. The van der Waals surface area contributed by atoms with Gasteiger partial charge in [0.2, 0.25) is 11.8 Å². The number of hydrogen-bond donors (Lipinski definition) is 3. The standard InChI is InChI=1S/C41H41Cl2N7O6/c1-41(2,3)56-40(54)49(22-25-12-14-34(52)47-25)21-24-11-13-32(48-38(24)55-4)30-10-6-9-29(36(30)43)28-8-5-7-27(35(28)42)23-15-16-50-33(17-23)44-20-31(39(50)53)37-45-18-26(51)19-46-37/h5-11,13,15-17,20,25-26,51H,12,14,18-19,21-22H2,1-4H3,(H,45,46)(H,47,52)/t25-/m0/s1. The van der Waals surface area contributed by atoms with Crippen molar-refractivity contribution in [1.82, 2.24) is 29.9 Å². The molecule has 0 saturated carbocycles. The predicted molar refractivity (Wildman–Crippen MR) is 215 cm³/mol. The first-order chi connectivity index (χ1) is 26.8. The molecular formula is C41H41Cl2N7O6. The second-order valence-electron chi connectivity index (χ2n) is 14.7. The number of β-amino-alcohol motifs (C(OH)–C–C–N with tert-alkyl or cyclic N) is 1. The zero-order chi connectivity index (χ0) is 39.7. The number of benzene rings is 2. The van der Waals surface area contributed by atoms with Crippen LogP contribution >= 0.6 is 23.2 Å². The van der Waals surface area contributed by atoms with Crippen LogP contribution in [0.3, 0.4) is 0 Å². The molecule has 3 aromatic heterocycles. The fourth-order valence-electron chi connectivity index (χ4n) is 6.75. The van der Waals surface area contributed by atoms with Crippen molar-refractivity contribution in [1.29, 1.82) is 0 Å². The van der Waals surface area contributed by atoms with Gasteiger partial charge in [-0.05, 0) is 57.0 Å². The summed E-state index contributed by atoms with van der Waals surface area (Å²) in [7, 11) is 1.51. The minimum atomic E-state index is -0.710.